The second-order valence-corrected chi connectivity index (χ2v) is 10.5. The van der Waals surface area contributed by atoms with Gasteiger partial charge in [0.05, 0.1) is 30.1 Å². The summed E-state index contributed by atoms with van der Waals surface area (Å²) >= 11 is 2.68. The summed E-state index contributed by atoms with van der Waals surface area (Å²) < 4.78 is 6.08. The third kappa shape index (κ3) is 5.28. The molecule has 12 heteroatoms. The minimum Gasteiger partial charge on any atom is -0.468 e. The van der Waals surface area contributed by atoms with Gasteiger partial charge in [-0.05, 0) is 27.0 Å². The van der Waals surface area contributed by atoms with E-state index in [1.165, 1.54) is 34.9 Å². The number of nitrogen functional groups attached to an aromatic ring is 1. The van der Waals surface area contributed by atoms with Crippen molar-refractivity contribution in [2.24, 2.45) is 0 Å². The standard InChI is InChI=1S/C23H25N7O3S2/c1-23(2,3)27-20(32)19-17(24)16-18(25-22(34-5)26-21(16)35-19)13-8-6-12(7-9-13)14-10-30(29-28-14)11-15(31)33-4/h6-10H,11,24H2,1-5H3,(H,27,32). The highest BCUT2D eigenvalue weighted by Crippen LogP contribution is 2.39. The topological polar surface area (TPSA) is 138 Å². The van der Waals surface area contributed by atoms with Crippen LogP contribution in [-0.2, 0) is 16.1 Å². The molecule has 0 radical (unpaired) electrons. The van der Waals surface area contributed by atoms with Gasteiger partial charge in [-0.1, -0.05) is 41.2 Å². The maximum Gasteiger partial charge on any atom is 0.327 e. The van der Waals surface area contributed by atoms with Gasteiger partial charge in [0, 0.05) is 16.7 Å². The van der Waals surface area contributed by atoms with Crippen LogP contribution in [0, 0.1) is 0 Å². The Kier molecular flexibility index (Phi) is 6.77. The first-order valence-electron chi connectivity index (χ1n) is 10.6. The normalized spacial score (nSPS) is 11.6. The molecule has 3 aromatic heterocycles. The summed E-state index contributed by atoms with van der Waals surface area (Å²) in [5, 5.41) is 12.3. The lowest BCUT2D eigenvalue weighted by atomic mass is 10.0. The SMILES string of the molecule is COC(=O)Cn1cc(-c2ccc(-c3nc(SC)nc4sc(C(=O)NC(C)(C)C)c(N)c34)cc2)nn1. The summed E-state index contributed by atoms with van der Waals surface area (Å²) in [7, 11) is 1.33. The number of thioether (sulfide) groups is 1. The van der Waals surface area contributed by atoms with Gasteiger partial charge in [0.1, 0.15) is 21.9 Å². The number of nitrogens with two attached hydrogens (primary N) is 1. The molecule has 10 nitrogen and oxygen atoms in total. The number of amides is 1. The fourth-order valence-corrected chi connectivity index (χ4v) is 4.79. The minimum atomic E-state index is -0.405. The molecule has 3 heterocycles. The van der Waals surface area contributed by atoms with E-state index in [-0.39, 0.29) is 12.5 Å². The number of carbonyl (C=O) groups is 2. The molecule has 0 aliphatic carbocycles. The van der Waals surface area contributed by atoms with Crippen LogP contribution >= 0.6 is 23.1 Å². The number of thiophene rings is 1. The summed E-state index contributed by atoms with van der Waals surface area (Å²) in [5.74, 6) is -0.641. The molecule has 4 aromatic rings. The van der Waals surface area contributed by atoms with E-state index in [4.69, 9.17) is 10.7 Å². The van der Waals surface area contributed by atoms with E-state index >= 15 is 0 Å². The lowest BCUT2D eigenvalue weighted by Gasteiger charge is -2.20. The second kappa shape index (κ2) is 9.62. The van der Waals surface area contributed by atoms with Crippen molar-refractivity contribution in [2.45, 2.75) is 38.0 Å². The highest BCUT2D eigenvalue weighted by Gasteiger charge is 2.24. The van der Waals surface area contributed by atoms with E-state index in [2.05, 4.69) is 25.3 Å². The number of hydrogen-bond acceptors (Lipinski definition) is 10. The molecule has 3 N–H and O–H groups in total. The smallest absolute Gasteiger partial charge is 0.327 e. The number of anilines is 1. The molecule has 0 unspecified atom stereocenters. The monoisotopic (exact) mass is 511 g/mol. The Bertz CT molecular complexity index is 1410. The summed E-state index contributed by atoms with van der Waals surface area (Å²) in [6.45, 7) is 5.74. The molecule has 0 atom stereocenters. The third-order valence-electron chi connectivity index (χ3n) is 4.96. The molecule has 0 aliphatic heterocycles. The van der Waals surface area contributed by atoms with Gasteiger partial charge in [0.25, 0.3) is 5.91 Å². The van der Waals surface area contributed by atoms with Gasteiger partial charge in [-0.3, -0.25) is 9.59 Å². The number of methoxy groups -OCH3 is 1. The average Bonchev–Trinajstić information content (AvgIpc) is 3.42. The van der Waals surface area contributed by atoms with Crippen molar-refractivity contribution < 1.29 is 14.3 Å². The maximum atomic E-state index is 12.9. The van der Waals surface area contributed by atoms with Crippen LogP contribution in [0.25, 0.3) is 32.7 Å². The first kappa shape index (κ1) is 24.6. The van der Waals surface area contributed by atoms with Gasteiger partial charge in [-0.15, -0.1) is 16.4 Å². The molecule has 1 amide bonds. The number of nitrogens with zero attached hydrogens (tertiary/aromatic N) is 5. The van der Waals surface area contributed by atoms with Crippen molar-refractivity contribution in [3.8, 4) is 22.5 Å². The minimum absolute atomic E-state index is 0.0134. The molecule has 1 aromatic carbocycles. The van der Waals surface area contributed by atoms with Crippen LogP contribution in [0.4, 0.5) is 5.69 Å². The van der Waals surface area contributed by atoms with Crippen molar-refractivity contribution in [2.75, 3.05) is 19.1 Å². The Labute approximate surface area is 210 Å². The predicted octanol–water partition coefficient (Wildman–Crippen LogP) is 3.62. The third-order valence-corrected chi connectivity index (χ3v) is 6.60. The summed E-state index contributed by atoms with van der Waals surface area (Å²) in [6, 6.07) is 7.60. The average molecular weight is 512 g/mol. The number of carbonyl (C=O) groups excluding carboxylic acids is 2. The van der Waals surface area contributed by atoms with Gasteiger partial charge in [0.2, 0.25) is 0 Å². The van der Waals surface area contributed by atoms with Gasteiger partial charge in [-0.25, -0.2) is 14.6 Å². The number of esters is 1. The number of nitrogens with one attached hydrogen (secondary N) is 1. The Morgan fingerprint density at radius 1 is 1.17 bits per heavy atom. The van der Waals surface area contributed by atoms with Crippen LogP contribution in [0.5, 0.6) is 0 Å². The molecular formula is C23H25N7O3S2. The van der Waals surface area contributed by atoms with Crippen LogP contribution in [0.15, 0.2) is 35.6 Å². The first-order chi connectivity index (χ1) is 16.6. The van der Waals surface area contributed by atoms with Crippen LogP contribution in [0.3, 0.4) is 0 Å². The molecule has 0 bridgehead atoms. The highest BCUT2D eigenvalue weighted by molar-refractivity contribution is 7.98. The van der Waals surface area contributed by atoms with Gasteiger partial charge < -0.3 is 15.8 Å². The van der Waals surface area contributed by atoms with Gasteiger partial charge >= 0.3 is 5.97 Å². The number of rotatable bonds is 6. The van der Waals surface area contributed by atoms with E-state index in [0.717, 1.165) is 11.1 Å². The van der Waals surface area contributed by atoms with E-state index in [1.54, 1.807) is 6.20 Å². The number of ether oxygens (including phenoxy) is 1. The van der Waals surface area contributed by atoms with Crippen LogP contribution in [0.2, 0.25) is 0 Å². The zero-order chi connectivity index (χ0) is 25.3. The van der Waals surface area contributed by atoms with Gasteiger partial charge in [-0.2, -0.15) is 0 Å². The number of hydrogen-bond donors (Lipinski definition) is 2. The van der Waals surface area contributed by atoms with Crippen molar-refractivity contribution in [1.82, 2.24) is 30.3 Å². The van der Waals surface area contributed by atoms with Crippen LogP contribution < -0.4 is 11.1 Å². The summed E-state index contributed by atoms with van der Waals surface area (Å²) in [4.78, 5) is 34.7. The maximum absolute atomic E-state index is 12.9. The molecule has 182 valence electrons. The molecule has 0 aliphatic rings. The van der Waals surface area contributed by atoms with Gasteiger partial charge in [0.15, 0.2) is 5.16 Å². The summed E-state index contributed by atoms with van der Waals surface area (Å²) in [5.41, 5.74) is 9.36. The van der Waals surface area contributed by atoms with E-state index in [1.807, 2.05) is 51.3 Å². The van der Waals surface area contributed by atoms with Crippen LogP contribution in [-0.4, -0.2) is 55.7 Å². The van der Waals surface area contributed by atoms with Crippen molar-refractivity contribution >= 4 is 50.9 Å². The van der Waals surface area contributed by atoms with E-state index in [0.29, 0.717) is 37.3 Å². The Morgan fingerprint density at radius 3 is 2.49 bits per heavy atom. The molecule has 0 saturated heterocycles. The number of benzene rings is 1. The Morgan fingerprint density at radius 2 is 1.86 bits per heavy atom. The highest BCUT2D eigenvalue weighted by atomic mass is 32.2. The molecule has 35 heavy (non-hydrogen) atoms. The zero-order valence-corrected chi connectivity index (χ0v) is 21.6. The second-order valence-electron chi connectivity index (χ2n) is 8.74. The zero-order valence-electron chi connectivity index (χ0n) is 19.9. The van der Waals surface area contributed by atoms with Crippen molar-refractivity contribution in [1.29, 1.82) is 0 Å². The number of aromatic nitrogens is 5. The van der Waals surface area contributed by atoms with E-state index in [9.17, 15) is 9.59 Å². The largest absolute Gasteiger partial charge is 0.468 e. The Hall–Kier alpha value is -3.51. The molecule has 0 spiro atoms. The lowest BCUT2D eigenvalue weighted by Crippen LogP contribution is -2.40. The summed E-state index contributed by atoms with van der Waals surface area (Å²) in [6.07, 6.45) is 3.58. The van der Waals surface area contributed by atoms with Crippen molar-refractivity contribution in [3.05, 3.63) is 35.3 Å². The van der Waals surface area contributed by atoms with Crippen LogP contribution in [0.1, 0.15) is 30.4 Å². The van der Waals surface area contributed by atoms with Crippen molar-refractivity contribution in [3.63, 3.8) is 0 Å². The lowest BCUT2D eigenvalue weighted by molar-refractivity contribution is -0.141. The molecule has 4 rings (SSSR count). The number of fused-ring (bicyclic) bond motifs is 1. The molecule has 0 fully saturated rings. The quantitative estimate of drug-likeness (QED) is 0.226. The molecule has 0 saturated carbocycles. The first-order valence-corrected chi connectivity index (χ1v) is 12.7. The predicted molar refractivity (Wildman–Crippen MR) is 137 cm³/mol. The molecular weight excluding hydrogens is 486 g/mol. The fourth-order valence-electron chi connectivity index (χ4n) is 3.37. The fraction of sp³-hybridized carbons (Fsp3) is 0.304. The Balaban J connectivity index is 1.72. The van der Waals surface area contributed by atoms with E-state index < -0.39 is 11.5 Å².